The lowest BCUT2D eigenvalue weighted by atomic mass is 10.1. The smallest absolute Gasteiger partial charge is 0.155 e. The predicted molar refractivity (Wildman–Crippen MR) is 91.2 cm³/mol. The van der Waals surface area contributed by atoms with E-state index >= 15 is 0 Å². The molecule has 0 atom stereocenters. The molecule has 0 bridgehead atoms. The van der Waals surface area contributed by atoms with Gasteiger partial charge in [-0.05, 0) is 24.6 Å². The Balaban J connectivity index is 1.67. The van der Waals surface area contributed by atoms with Crippen molar-refractivity contribution in [2.24, 2.45) is 0 Å². The highest BCUT2D eigenvalue weighted by Gasteiger charge is 2.13. The third-order valence-corrected chi connectivity index (χ3v) is 4.44. The predicted octanol–water partition coefficient (Wildman–Crippen LogP) is 3.19. The van der Waals surface area contributed by atoms with E-state index in [1.165, 1.54) is 5.69 Å². The summed E-state index contributed by atoms with van der Waals surface area (Å²) in [5.74, 6) is 0. The van der Waals surface area contributed by atoms with Gasteiger partial charge in [0.2, 0.25) is 0 Å². The van der Waals surface area contributed by atoms with Crippen molar-refractivity contribution in [1.82, 2.24) is 14.6 Å². The Hall–Kier alpha value is -2.11. The summed E-state index contributed by atoms with van der Waals surface area (Å²) < 4.78 is 7.18. The minimum absolute atomic E-state index is 0.481. The summed E-state index contributed by atoms with van der Waals surface area (Å²) in [6.45, 7) is 5.42. The number of morpholine rings is 1. The second-order valence-electron chi connectivity index (χ2n) is 5.68. The molecule has 1 aromatic carbocycles. The topological polar surface area (TPSA) is 42.7 Å². The monoisotopic (exact) mass is 328 g/mol. The number of rotatable bonds is 2. The highest BCUT2D eigenvalue weighted by Crippen LogP contribution is 2.26. The Morgan fingerprint density at radius 2 is 1.87 bits per heavy atom. The van der Waals surface area contributed by atoms with Crippen LogP contribution in [0.3, 0.4) is 0 Å². The first-order chi connectivity index (χ1) is 11.2. The molecular formula is C17H17ClN4O. The molecule has 6 heteroatoms. The van der Waals surface area contributed by atoms with Crippen LogP contribution in [-0.4, -0.2) is 40.9 Å². The maximum atomic E-state index is 6.32. The number of aromatic nitrogens is 3. The third-order valence-electron chi connectivity index (χ3n) is 4.18. The van der Waals surface area contributed by atoms with E-state index in [0.29, 0.717) is 5.15 Å². The molecule has 0 amide bonds. The van der Waals surface area contributed by atoms with Gasteiger partial charge in [0.15, 0.2) is 5.15 Å². The van der Waals surface area contributed by atoms with Gasteiger partial charge in [-0.1, -0.05) is 23.7 Å². The molecule has 0 saturated carbocycles. The number of hydrogen-bond acceptors (Lipinski definition) is 4. The normalized spacial score (nSPS) is 15.3. The molecule has 4 rings (SSSR count). The molecule has 1 fully saturated rings. The minimum Gasteiger partial charge on any atom is -0.378 e. The Kier molecular flexibility index (Phi) is 3.67. The van der Waals surface area contributed by atoms with E-state index in [1.54, 1.807) is 10.7 Å². The average molecular weight is 329 g/mol. The first-order valence-electron chi connectivity index (χ1n) is 7.66. The molecule has 23 heavy (non-hydrogen) atoms. The van der Waals surface area contributed by atoms with E-state index in [4.69, 9.17) is 16.3 Å². The fraction of sp³-hybridized carbons (Fsp3) is 0.294. The summed E-state index contributed by atoms with van der Waals surface area (Å²) in [4.78, 5) is 6.84. The largest absolute Gasteiger partial charge is 0.378 e. The molecular weight excluding hydrogens is 312 g/mol. The van der Waals surface area contributed by atoms with E-state index < -0.39 is 0 Å². The standard InChI is InChI=1S/C17H17ClN4O/c1-12-10-19-22-11-15(20-17(18)16(12)22)13-2-4-14(5-3-13)21-6-8-23-9-7-21/h2-5,10-11H,6-9H2,1H3. The van der Waals surface area contributed by atoms with Crippen LogP contribution in [0.2, 0.25) is 5.15 Å². The van der Waals surface area contributed by atoms with E-state index in [0.717, 1.165) is 48.6 Å². The summed E-state index contributed by atoms with van der Waals surface area (Å²) in [6, 6.07) is 8.39. The Bertz CT molecular complexity index is 838. The van der Waals surface area contributed by atoms with E-state index in [-0.39, 0.29) is 0 Å². The van der Waals surface area contributed by atoms with Crippen molar-refractivity contribution >= 4 is 22.8 Å². The highest BCUT2D eigenvalue weighted by molar-refractivity contribution is 6.32. The average Bonchev–Trinajstić information content (AvgIpc) is 2.97. The molecule has 1 aliphatic rings. The lowest BCUT2D eigenvalue weighted by molar-refractivity contribution is 0.122. The molecule has 0 radical (unpaired) electrons. The van der Waals surface area contributed by atoms with Crippen LogP contribution in [-0.2, 0) is 4.74 Å². The van der Waals surface area contributed by atoms with Crippen LogP contribution in [0, 0.1) is 6.92 Å². The third kappa shape index (κ3) is 2.66. The number of fused-ring (bicyclic) bond motifs is 1. The number of aryl methyl sites for hydroxylation is 1. The van der Waals surface area contributed by atoms with Crippen LogP contribution in [0.15, 0.2) is 36.7 Å². The fourth-order valence-corrected chi connectivity index (χ4v) is 3.24. The van der Waals surface area contributed by atoms with E-state index in [2.05, 4.69) is 39.2 Å². The van der Waals surface area contributed by atoms with Crippen molar-refractivity contribution < 1.29 is 4.74 Å². The summed E-state index contributed by atoms with van der Waals surface area (Å²) in [5.41, 5.74) is 4.94. The van der Waals surface area contributed by atoms with Gasteiger partial charge in [0.1, 0.15) is 5.52 Å². The zero-order valence-corrected chi connectivity index (χ0v) is 13.6. The molecule has 118 valence electrons. The fourth-order valence-electron chi connectivity index (χ4n) is 2.91. The second kappa shape index (κ2) is 5.83. The molecule has 0 aliphatic carbocycles. The minimum atomic E-state index is 0.481. The van der Waals surface area contributed by atoms with Gasteiger partial charge in [-0.3, -0.25) is 0 Å². The molecule has 2 aromatic heterocycles. The number of halogens is 1. The maximum Gasteiger partial charge on any atom is 0.155 e. The lowest BCUT2D eigenvalue weighted by Crippen LogP contribution is -2.36. The Morgan fingerprint density at radius 1 is 1.13 bits per heavy atom. The van der Waals surface area contributed by atoms with Gasteiger partial charge in [-0.2, -0.15) is 5.10 Å². The van der Waals surface area contributed by atoms with Crippen LogP contribution in [0.4, 0.5) is 5.69 Å². The van der Waals surface area contributed by atoms with Crippen molar-refractivity contribution in [3.63, 3.8) is 0 Å². The molecule has 1 saturated heterocycles. The van der Waals surface area contributed by atoms with Crippen molar-refractivity contribution in [3.8, 4) is 11.3 Å². The van der Waals surface area contributed by atoms with Gasteiger partial charge in [0.05, 0.1) is 31.3 Å². The Morgan fingerprint density at radius 3 is 2.61 bits per heavy atom. The number of benzene rings is 1. The summed E-state index contributed by atoms with van der Waals surface area (Å²) in [5, 5.41) is 4.81. The molecule has 0 spiro atoms. The van der Waals surface area contributed by atoms with Gasteiger partial charge in [0.25, 0.3) is 0 Å². The first-order valence-corrected chi connectivity index (χ1v) is 8.04. The summed E-state index contributed by atoms with van der Waals surface area (Å²) in [7, 11) is 0. The van der Waals surface area contributed by atoms with E-state index in [9.17, 15) is 0 Å². The van der Waals surface area contributed by atoms with Crippen molar-refractivity contribution in [2.75, 3.05) is 31.2 Å². The molecule has 1 aliphatic heterocycles. The molecule has 0 N–H and O–H groups in total. The summed E-state index contributed by atoms with van der Waals surface area (Å²) in [6.07, 6.45) is 3.71. The lowest BCUT2D eigenvalue weighted by Gasteiger charge is -2.28. The summed E-state index contributed by atoms with van der Waals surface area (Å²) >= 11 is 6.32. The molecule has 3 heterocycles. The number of ether oxygens (including phenoxy) is 1. The van der Waals surface area contributed by atoms with Gasteiger partial charge in [0, 0.05) is 24.3 Å². The first kappa shape index (κ1) is 14.5. The van der Waals surface area contributed by atoms with Crippen LogP contribution in [0.25, 0.3) is 16.8 Å². The SMILES string of the molecule is Cc1cnn2cc(-c3ccc(N4CCOCC4)cc3)nc(Cl)c12. The van der Waals surface area contributed by atoms with Gasteiger partial charge < -0.3 is 9.64 Å². The maximum absolute atomic E-state index is 6.32. The van der Waals surface area contributed by atoms with E-state index in [1.807, 2.05) is 13.1 Å². The molecule has 5 nitrogen and oxygen atoms in total. The number of hydrogen-bond donors (Lipinski definition) is 0. The van der Waals surface area contributed by atoms with Crippen molar-refractivity contribution in [2.45, 2.75) is 6.92 Å². The van der Waals surface area contributed by atoms with Crippen molar-refractivity contribution in [3.05, 3.63) is 47.4 Å². The zero-order valence-electron chi connectivity index (χ0n) is 12.9. The van der Waals surface area contributed by atoms with Crippen LogP contribution >= 0.6 is 11.6 Å². The molecule has 3 aromatic rings. The quantitative estimate of drug-likeness (QED) is 0.724. The van der Waals surface area contributed by atoms with Gasteiger partial charge >= 0.3 is 0 Å². The zero-order chi connectivity index (χ0) is 15.8. The van der Waals surface area contributed by atoms with Gasteiger partial charge in [-0.15, -0.1) is 0 Å². The van der Waals surface area contributed by atoms with Crippen LogP contribution in [0.5, 0.6) is 0 Å². The highest BCUT2D eigenvalue weighted by atomic mass is 35.5. The Labute approximate surface area is 139 Å². The number of nitrogens with zero attached hydrogens (tertiary/aromatic N) is 4. The van der Waals surface area contributed by atoms with Gasteiger partial charge in [-0.25, -0.2) is 9.50 Å². The van der Waals surface area contributed by atoms with Crippen LogP contribution < -0.4 is 4.90 Å². The number of anilines is 1. The van der Waals surface area contributed by atoms with Crippen LogP contribution in [0.1, 0.15) is 5.56 Å². The van der Waals surface area contributed by atoms with Crippen molar-refractivity contribution in [1.29, 1.82) is 0 Å². The molecule has 0 unspecified atom stereocenters. The second-order valence-corrected chi connectivity index (χ2v) is 6.04.